The average Bonchev–Trinajstić information content (AvgIpc) is 2.73. The lowest BCUT2D eigenvalue weighted by Gasteiger charge is -2.42. The standard InChI is InChI=1S/C27H34F2O/c1-3-5-11-30-23-14-22-15-26(28)24(17-25(22)27(29)16-23)21-10-9-19-12-18(6-4-2)7-8-20(19)13-21/h3,5,14-21H,4,6-13H2,1-2H3/b5-3+/t18?,19-,20?,21-/m1/s1. The van der Waals surface area contributed by atoms with Crippen LogP contribution in [0.15, 0.2) is 36.4 Å². The van der Waals surface area contributed by atoms with E-state index < -0.39 is 0 Å². The van der Waals surface area contributed by atoms with Crippen LogP contribution in [0.1, 0.15) is 76.7 Å². The van der Waals surface area contributed by atoms with Crippen LogP contribution in [0.3, 0.4) is 0 Å². The van der Waals surface area contributed by atoms with Gasteiger partial charge in [-0.25, -0.2) is 8.78 Å². The molecule has 0 heterocycles. The number of benzene rings is 2. The SMILES string of the molecule is C/C=C/COc1cc(F)c2cc([C@@H]3CC[C@@H]4CC(CCC)CCC4C3)c(F)cc2c1. The Kier molecular flexibility index (Phi) is 6.75. The van der Waals surface area contributed by atoms with Gasteiger partial charge in [0.05, 0.1) is 0 Å². The van der Waals surface area contributed by atoms with Crippen LogP contribution < -0.4 is 4.74 Å². The van der Waals surface area contributed by atoms with Crippen molar-refractivity contribution >= 4 is 10.8 Å². The van der Waals surface area contributed by atoms with E-state index >= 15 is 4.39 Å². The molecular formula is C27H34F2O. The van der Waals surface area contributed by atoms with Crippen LogP contribution in [-0.2, 0) is 0 Å². The molecular weight excluding hydrogens is 378 g/mol. The molecule has 2 aliphatic rings. The summed E-state index contributed by atoms with van der Waals surface area (Å²) in [5.74, 6) is 2.53. The number of allylic oxidation sites excluding steroid dienone is 1. The van der Waals surface area contributed by atoms with E-state index in [0.717, 1.165) is 24.7 Å². The Morgan fingerprint density at radius 1 is 0.967 bits per heavy atom. The number of hydrogen-bond acceptors (Lipinski definition) is 1. The minimum atomic E-state index is -0.335. The predicted molar refractivity (Wildman–Crippen MR) is 120 cm³/mol. The molecule has 0 amide bonds. The van der Waals surface area contributed by atoms with Gasteiger partial charge in [0.1, 0.15) is 24.0 Å². The topological polar surface area (TPSA) is 9.23 Å². The molecule has 2 fully saturated rings. The number of fused-ring (bicyclic) bond motifs is 2. The van der Waals surface area contributed by atoms with Crippen molar-refractivity contribution in [1.82, 2.24) is 0 Å². The molecule has 2 unspecified atom stereocenters. The van der Waals surface area contributed by atoms with Crippen molar-refractivity contribution in [2.45, 2.75) is 71.1 Å². The molecule has 30 heavy (non-hydrogen) atoms. The third-order valence-corrected chi connectivity index (χ3v) is 7.43. The zero-order valence-electron chi connectivity index (χ0n) is 18.3. The zero-order chi connectivity index (χ0) is 21.1. The van der Waals surface area contributed by atoms with Gasteiger partial charge < -0.3 is 4.74 Å². The minimum Gasteiger partial charge on any atom is -0.489 e. The maximum absolute atomic E-state index is 15.1. The fourth-order valence-corrected chi connectivity index (χ4v) is 5.91. The van der Waals surface area contributed by atoms with E-state index in [1.165, 1.54) is 50.7 Å². The Hall–Kier alpha value is -1.90. The third-order valence-electron chi connectivity index (χ3n) is 7.43. The monoisotopic (exact) mass is 412 g/mol. The predicted octanol–water partition coefficient (Wildman–Crippen LogP) is 8.17. The average molecular weight is 413 g/mol. The van der Waals surface area contributed by atoms with E-state index in [1.54, 1.807) is 12.1 Å². The van der Waals surface area contributed by atoms with E-state index in [-0.39, 0.29) is 17.6 Å². The molecule has 0 aliphatic heterocycles. The van der Waals surface area contributed by atoms with Crippen molar-refractivity contribution in [3.63, 3.8) is 0 Å². The van der Waals surface area contributed by atoms with Crippen LogP contribution in [0, 0.1) is 29.4 Å². The number of ether oxygens (including phenoxy) is 1. The first-order valence-corrected chi connectivity index (χ1v) is 11.8. The number of hydrogen-bond donors (Lipinski definition) is 0. The number of rotatable bonds is 6. The Balaban J connectivity index is 1.53. The molecule has 3 heteroatoms. The summed E-state index contributed by atoms with van der Waals surface area (Å²) in [6, 6.07) is 6.42. The van der Waals surface area contributed by atoms with E-state index in [1.807, 2.05) is 19.1 Å². The lowest BCUT2D eigenvalue weighted by molar-refractivity contribution is 0.113. The lowest BCUT2D eigenvalue weighted by Crippen LogP contribution is -2.30. The second-order valence-corrected chi connectivity index (χ2v) is 9.38. The van der Waals surface area contributed by atoms with Gasteiger partial charge in [-0.3, -0.25) is 0 Å². The normalized spacial score (nSPS) is 26.8. The van der Waals surface area contributed by atoms with E-state index in [2.05, 4.69) is 6.92 Å². The Morgan fingerprint density at radius 3 is 2.57 bits per heavy atom. The summed E-state index contributed by atoms with van der Waals surface area (Å²) in [5, 5.41) is 1.07. The minimum absolute atomic E-state index is 0.198. The van der Waals surface area contributed by atoms with Crippen LogP contribution in [0.2, 0.25) is 0 Å². The Bertz CT molecular complexity index is 903. The van der Waals surface area contributed by atoms with Crippen molar-refractivity contribution in [2.75, 3.05) is 6.61 Å². The van der Waals surface area contributed by atoms with Gasteiger partial charge >= 0.3 is 0 Å². The van der Waals surface area contributed by atoms with Gasteiger partial charge in [0.25, 0.3) is 0 Å². The maximum Gasteiger partial charge on any atom is 0.134 e. The molecule has 0 N–H and O–H groups in total. The summed E-state index contributed by atoms with van der Waals surface area (Å²) < 4.78 is 35.4. The maximum atomic E-state index is 15.1. The van der Waals surface area contributed by atoms with Crippen LogP contribution in [0.25, 0.3) is 10.8 Å². The van der Waals surface area contributed by atoms with Crippen molar-refractivity contribution in [3.8, 4) is 5.75 Å². The van der Waals surface area contributed by atoms with Crippen molar-refractivity contribution < 1.29 is 13.5 Å². The fourth-order valence-electron chi connectivity index (χ4n) is 5.91. The Morgan fingerprint density at radius 2 is 1.77 bits per heavy atom. The molecule has 4 rings (SSSR count). The molecule has 0 aromatic heterocycles. The van der Waals surface area contributed by atoms with Gasteiger partial charge in [0.2, 0.25) is 0 Å². The van der Waals surface area contributed by atoms with Crippen LogP contribution in [0.5, 0.6) is 5.75 Å². The van der Waals surface area contributed by atoms with Crippen molar-refractivity contribution in [3.05, 3.63) is 53.6 Å². The summed E-state index contributed by atoms with van der Waals surface area (Å²) in [7, 11) is 0. The molecule has 2 aromatic carbocycles. The summed E-state index contributed by atoms with van der Waals surface area (Å²) in [4.78, 5) is 0. The van der Waals surface area contributed by atoms with Crippen LogP contribution in [-0.4, -0.2) is 6.61 Å². The summed E-state index contributed by atoms with van der Waals surface area (Å²) >= 11 is 0. The van der Waals surface area contributed by atoms with Gasteiger partial charge in [0, 0.05) is 11.5 Å². The fraction of sp³-hybridized carbons (Fsp3) is 0.556. The highest BCUT2D eigenvalue weighted by Crippen LogP contribution is 2.49. The summed E-state index contributed by atoms with van der Waals surface area (Å²) in [5.41, 5.74) is 0.707. The molecule has 0 spiro atoms. The molecule has 2 saturated carbocycles. The van der Waals surface area contributed by atoms with Crippen LogP contribution in [0.4, 0.5) is 8.78 Å². The molecule has 2 aromatic rings. The van der Waals surface area contributed by atoms with E-state index in [4.69, 9.17) is 4.74 Å². The molecule has 0 radical (unpaired) electrons. The van der Waals surface area contributed by atoms with Crippen molar-refractivity contribution in [2.24, 2.45) is 17.8 Å². The summed E-state index contributed by atoms with van der Waals surface area (Å²) in [6.45, 7) is 4.57. The third kappa shape index (κ3) is 4.55. The molecule has 1 nitrogen and oxygen atoms in total. The smallest absolute Gasteiger partial charge is 0.134 e. The Labute approximate surface area is 179 Å². The van der Waals surface area contributed by atoms with Crippen LogP contribution >= 0.6 is 0 Å². The first-order chi connectivity index (χ1) is 14.6. The van der Waals surface area contributed by atoms with Gasteiger partial charge in [-0.2, -0.15) is 0 Å². The highest BCUT2D eigenvalue weighted by molar-refractivity contribution is 5.85. The second-order valence-electron chi connectivity index (χ2n) is 9.38. The number of halogens is 2. The quantitative estimate of drug-likeness (QED) is 0.435. The molecule has 2 aliphatic carbocycles. The van der Waals surface area contributed by atoms with Gasteiger partial charge in [-0.1, -0.05) is 38.3 Å². The van der Waals surface area contributed by atoms with Gasteiger partial charge in [-0.05, 0) is 91.8 Å². The second kappa shape index (κ2) is 9.49. The van der Waals surface area contributed by atoms with E-state index in [9.17, 15) is 4.39 Å². The van der Waals surface area contributed by atoms with Gasteiger partial charge in [0.15, 0.2) is 0 Å². The zero-order valence-corrected chi connectivity index (χ0v) is 18.3. The highest BCUT2D eigenvalue weighted by Gasteiger charge is 2.36. The molecule has 4 atom stereocenters. The summed E-state index contributed by atoms with van der Waals surface area (Å²) in [6.07, 6.45) is 13.6. The van der Waals surface area contributed by atoms with E-state index in [0.29, 0.717) is 34.6 Å². The molecule has 162 valence electrons. The lowest BCUT2D eigenvalue weighted by atomic mass is 9.63. The molecule has 0 bridgehead atoms. The van der Waals surface area contributed by atoms with Gasteiger partial charge in [-0.15, -0.1) is 0 Å². The van der Waals surface area contributed by atoms with Crippen molar-refractivity contribution in [1.29, 1.82) is 0 Å². The largest absolute Gasteiger partial charge is 0.489 e. The first kappa shape index (κ1) is 21.3. The highest BCUT2D eigenvalue weighted by atomic mass is 19.1. The molecule has 0 saturated heterocycles. The first-order valence-electron chi connectivity index (χ1n) is 11.8.